The van der Waals surface area contributed by atoms with Crippen molar-refractivity contribution in [2.24, 2.45) is 5.92 Å². The van der Waals surface area contributed by atoms with Gasteiger partial charge in [-0.25, -0.2) is 4.79 Å². The van der Waals surface area contributed by atoms with E-state index in [1.165, 1.54) is 0 Å². The van der Waals surface area contributed by atoms with Crippen molar-refractivity contribution in [3.8, 4) is 5.75 Å². The lowest BCUT2D eigenvalue weighted by Gasteiger charge is -2.21. The number of fused-ring (bicyclic) bond motifs is 1. The average molecular weight is 409 g/mol. The van der Waals surface area contributed by atoms with Crippen LogP contribution in [0.25, 0.3) is 0 Å². The van der Waals surface area contributed by atoms with Crippen molar-refractivity contribution in [2.75, 3.05) is 5.32 Å². The van der Waals surface area contributed by atoms with Crippen LogP contribution in [-0.2, 0) is 11.2 Å². The van der Waals surface area contributed by atoms with Crippen LogP contribution in [-0.4, -0.2) is 16.8 Å². The molecule has 6 nitrogen and oxygen atoms in total. The van der Waals surface area contributed by atoms with E-state index in [9.17, 15) is 19.5 Å². The Kier molecular flexibility index (Phi) is 5.75. The molecule has 1 aromatic carbocycles. The number of anilines is 1. The molecule has 1 amide bonds. The van der Waals surface area contributed by atoms with Gasteiger partial charge in [0.2, 0.25) is 5.91 Å². The minimum atomic E-state index is -0.570. The first kappa shape index (κ1) is 20.4. The van der Waals surface area contributed by atoms with Gasteiger partial charge in [0, 0.05) is 30.9 Å². The van der Waals surface area contributed by atoms with Gasteiger partial charge in [0.15, 0.2) is 5.78 Å². The largest absolute Gasteiger partial charge is 0.506 e. The maximum atomic E-state index is 13.0. The lowest BCUT2D eigenvalue weighted by molar-refractivity contribution is -0.115. The molecule has 1 fully saturated rings. The van der Waals surface area contributed by atoms with Crippen molar-refractivity contribution in [2.45, 2.75) is 64.2 Å². The standard InChI is InChI=1S/C24H27NO5/c1-2-19(27)25-16-8-6-7-15(13-16)20(14-11-12-14)22-23(28)21-17(26)9-4-3-5-10-18(21)30-24(22)29/h6-8,13-14,20,28H,2-5,9-12H2,1H3,(H,25,27). The van der Waals surface area contributed by atoms with Crippen molar-refractivity contribution < 1.29 is 19.1 Å². The van der Waals surface area contributed by atoms with Crippen LogP contribution in [0.4, 0.5) is 5.69 Å². The molecule has 4 rings (SSSR count). The molecule has 1 aromatic heterocycles. The first-order valence-electron chi connectivity index (χ1n) is 10.8. The predicted molar refractivity (Wildman–Crippen MR) is 113 cm³/mol. The van der Waals surface area contributed by atoms with Gasteiger partial charge in [-0.05, 0) is 49.3 Å². The molecule has 1 saturated carbocycles. The number of Topliss-reactive ketones (excluding diaryl/α,β-unsaturated/α-hetero) is 1. The smallest absolute Gasteiger partial charge is 0.343 e. The molecule has 0 radical (unpaired) electrons. The number of carbonyl (C=O) groups is 2. The van der Waals surface area contributed by atoms with Crippen molar-refractivity contribution in [1.82, 2.24) is 0 Å². The van der Waals surface area contributed by atoms with Gasteiger partial charge < -0.3 is 14.8 Å². The lowest BCUT2D eigenvalue weighted by Crippen LogP contribution is -2.21. The molecule has 1 unspecified atom stereocenters. The molecule has 0 aliphatic heterocycles. The third-order valence-electron chi connectivity index (χ3n) is 6.05. The van der Waals surface area contributed by atoms with Gasteiger partial charge in [-0.2, -0.15) is 0 Å². The van der Waals surface area contributed by atoms with Crippen LogP contribution >= 0.6 is 0 Å². The number of hydrogen-bond acceptors (Lipinski definition) is 5. The Balaban J connectivity index is 1.81. The minimum absolute atomic E-state index is 0.0934. The summed E-state index contributed by atoms with van der Waals surface area (Å²) in [7, 11) is 0. The minimum Gasteiger partial charge on any atom is -0.506 e. The van der Waals surface area contributed by atoms with Gasteiger partial charge in [0.05, 0.1) is 11.1 Å². The lowest BCUT2D eigenvalue weighted by atomic mass is 9.85. The summed E-state index contributed by atoms with van der Waals surface area (Å²) in [5.74, 6) is -0.340. The topological polar surface area (TPSA) is 96.6 Å². The average Bonchev–Trinajstić information content (AvgIpc) is 3.54. The normalized spacial score (nSPS) is 17.6. The van der Waals surface area contributed by atoms with E-state index < -0.39 is 5.63 Å². The SMILES string of the molecule is CCC(=O)Nc1cccc(C(c2c(O)c3c(oc2=O)CCCCCC3=O)C2CC2)c1. The monoisotopic (exact) mass is 409 g/mol. The highest BCUT2D eigenvalue weighted by Crippen LogP contribution is 2.49. The van der Waals surface area contributed by atoms with Crippen LogP contribution in [0.2, 0.25) is 0 Å². The number of ketones is 1. The molecule has 2 aliphatic rings. The molecule has 2 N–H and O–H groups in total. The fraction of sp³-hybridized carbons (Fsp3) is 0.458. The van der Waals surface area contributed by atoms with Crippen molar-refractivity contribution in [3.63, 3.8) is 0 Å². The summed E-state index contributed by atoms with van der Waals surface area (Å²) in [5, 5.41) is 14.0. The Hall–Kier alpha value is -2.89. The zero-order chi connectivity index (χ0) is 21.3. The number of carbonyl (C=O) groups excluding carboxylic acids is 2. The molecule has 0 saturated heterocycles. The zero-order valence-corrected chi connectivity index (χ0v) is 17.2. The van der Waals surface area contributed by atoms with Gasteiger partial charge >= 0.3 is 5.63 Å². The Morgan fingerprint density at radius 3 is 2.70 bits per heavy atom. The summed E-state index contributed by atoms with van der Waals surface area (Å²) in [6.07, 6.45) is 5.56. The molecule has 158 valence electrons. The highest BCUT2D eigenvalue weighted by molar-refractivity contribution is 6.00. The number of amides is 1. The van der Waals surface area contributed by atoms with Gasteiger partial charge in [-0.15, -0.1) is 0 Å². The van der Waals surface area contributed by atoms with Crippen molar-refractivity contribution >= 4 is 17.4 Å². The zero-order valence-electron chi connectivity index (χ0n) is 17.2. The van der Waals surface area contributed by atoms with Crippen LogP contribution in [0.15, 0.2) is 33.5 Å². The molecule has 2 aliphatic carbocycles. The molecule has 1 heterocycles. The summed E-state index contributed by atoms with van der Waals surface area (Å²) in [4.78, 5) is 37.5. The van der Waals surface area contributed by atoms with Crippen LogP contribution < -0.4 is 10.9 Å². The van der Waals surface area contributed by atoms with Crippen molar-refractivity contribution in [1.29, 1.82) is 0 Å². The molecular weight excluding hydrogens is 382 g/mol. The van der Waals surface area contributed by atoms with Gasteiger partial charge in [-0.3, -0.25) is 9.59 Å². The maximum Gasteiger partial charge on any atom is 0.343 e. The van der Waals surface area contributed by atoms with E-state index in [1.54, 1.807) is 13.0 Å². The number of benzene rings is 1. The second-order valence-corrected chi connectivity index (χ2v) is 8.28. The van der Waals surface area contributed by atoms with E-state index in [0.29, 0.717) is 30.7 Å². The van der Waals surface area contributed by atoms with Crippen LogP contribution in [0.5, 0.6) is 5.75 Å². The van der Waals surface area contributed by atoms with Gasteiger partial charge in [0.1, 0.15) is 11.5 Å². The molecule has 1 atom stereocenters. The number of nitrogens with one attached hydrogen (secondary N) is 1. The fourth-order valence-corrected chi connectivity index (χ4v) is 4.36. The van der Waals surface area contributed by atoms with E-state index >= 15 is 0 Å². The summed E-state index contributed by atoms with van der Waals surface area (Å²) >= 11 is 0. The Bertz CT molecular complexity index is 1030. The first-order chi connectivity index (χ1) is 14.5. The molecular formula is C24H27NO5. The molecule has 6 heteroatoms. The molecule has 0 bridgehead atoms. The number of aryl methyl sites for hydroxylation is 1. The summed E-state index contributed by atoms with van der Waals surface area (Å²) in [5.41, 5.74) is 1.26. The maximum absolute atomic E-state index is 13.0. The van der Waals surface area contributed by atoms with E-state index in [4.69, 9.17) is 4.42 Å². The van der Waals surface area contributed by atoms with Crippen LogP contribution in [0, 0.1) is 5.92 Å². The Morgan fingerprint density at radius 2 is 1.97 bits per heavy atom. The predicted octanol–water partition coefficient (Wildman–Crippen LogP) is 4.54. The number of rotatable bonds is 5. The van der Waals surface area contributed by atoms with E-state index in [2.05, 4.69) is 5.32 Å². The Morgan fingerprint density at radius 1 is 1.20 bits per heavy atom. The third-order valence-corrected chi connectivity index (χ3v) is 6.05. The number of aromatic hydroxyl groups is 1. The highest BCUT2D eigenvalue weighted by atomic mass is 16.4. The quantitative estimate of drug-likeness (QED) is 0.756. The van der Waals surface area contributed by atoms with E-state index in [-0.39, 0.29) is 40.4 Å². The highest BCUT2D eigenvalue weighted by Gasteiger charge is 2.39. The molecule has 30 heavy (non-hydrogen) atoms. The van der Waals surface area contributed by atoms with Crippen LogP contribution in [0.3, 0.4) is 0 Å². The first-order valence-corrected chi connectivity index (χ1v) is 10.8. The third kappa shape index (κ3) is 4.04. The summed E-state index contributed by atoms with van der Waals surface area (Å²) in [6.45, 7) is 1.78. The molecule has 2 aromatic rings. The fourth-order valence-electron chi connectivity index (χ4n) is 4.36. The summed E-state index contributed by atoms with van der Waals surface area (Å²) < 4.78 is 5.60. The second-order valence-electron chi connectivity index (χ2n) is 8.28. The number of hydrogen-bond donors (Lipinski definition) is 2. The second kappa shape index (κ2) is 8.46. The van der Waals surface area contributed by atoms with Crippen molar-refractivity contribution in [3.05, 3.63) is 57.1 Å². The Labute approximate surface area is 175 Å². The van der Waals surface area contributed by atoms with E-state index in [0.717, 1.165) is 37.7 Å². The van der Waals surface area contributed by atoms with E-state index in [1.807, 2.05) is 18.2 Å². The van der Waals surface area contributed by atoms with Gasteiger partial charge in [0.25, 0.3) is 0 Å². The summed E-state index contributed by atoms with van der Waals surface area (Å²) in [6, 6.07) is 7.36. The molecule has 0 spiro atoms. The van der Waals surface area contributed by atoms with Crippen LogP contribution in [0.1, 0.15) is 85.0 Å². The van der Waals surface area contributed by atoms with Gasteiger partial charge in [-0.1, -0.05) is 25.5 Å².